The summed E-state index contributed by atoms with van der Waals surface area (Å²) in [4.78, 5) is 25.8. The standard InChI is InChI=1S/C19H15BrN2O2S2/c20-13-6-8-14(9-7-13)21-18(23)12-26-16-4-1-3-15(11-16)22-19(24)17-5-2-10-25-17/h1-11H,12H2,(H,21,23)(H,22,24). The van der Waals surface area contributed by atoms with E-state index in [4.69, 9.17) is 0 Å². The average molecular weight is 447 g/mol. The highest BCUT2D eigenvalue weighted by Gasteiger charge is 2.08. The predicted molar refractivity (Wildman–Crippen MR) is 112 cm³/mol. The summed E-state index contributed by atoms with van der Waals surface area (Å²) >= 11 is 6.18. The molecule has 0 bridgehead atoms. The van der Waals surface area contributed by atoms with Crippen LogP contribution in [0.1, 0.15) is 9.67 Å². The van der Waals surface area contributed by atoms with Gasteiger partial charge in [-0.3, -0.25) is 9.59 Å². The van der Waals surface area contributed by atoms with Crippen LogP contribution in [0.2, 0.25) is 0 Å². The van der Waals surface area contributed by atoms with E-state index in [0.29, 0.717) is 16.3 Å². The molecule has 4 nitrogen and oxygen atoms in total. The lowest BCUT2D eigenvalue weighted by atomic mass is 10.3. The molecule has 0 fully saturated rings. The van der Waals surface area contributed by atoms with Crippen molar-refractivity contribution in [2.45, 2.75) is 4.90 Å². The number of anilines is 2. The molecule has 3 rings (SSSR count). The highest BCUT2D eigenvalue weighted by Crippen LogP contribution is 2.23. The lowest BCUT2D eigenvalue weighted by molar-refractivity contribution is -0.113. The molecule has 2 amide bonds. The zero-order valence-corrected chi connectivity index (χ0v) is 16.8. The molecule has 2 aromatic carbocycles. The Balaban J connectivity index is 1.54. The Hall–Kier alpha value is -2.09. The van der Waals surface area contributed by atoms with Crippen LogP contribution in [0.15, 0.2) is 75.4 Å². The van der Waals surface area contributed by atoms with E-state index in [1.165, 1.54) is 23.1 Å². The van der Waals surface area contributed by atoms with Crippen molar-refractivity contribution in [2.75, 3.05) is 16.4 Å². The summed E-state index contributed by atoms with van der Waals surface area (Å²) in [6, 6.07) is 18.5. The van der Waals surface area contributed by atoms with Gasteiger partial charge in [-0.15, -0.1) is 23.1 Å². The van der Waals surface area contributed by atoms with Gasteiger partial charge >= 0.3 is 0 Å². The molecular weight excluding hydrogens is 432 g/mol. The van der Waals surface area contributed by atoms with E-state index < -0.39 is 0 Å². The monoisotopic (exact) mass is 446 g/mol. The van der Waals surface area contributed by atoms with Crippen LogP contribution in [0, 0.1) is 0 Å². The van der Waals surface area contributed by atoms with Crippen molar-refractivity contribution < 1.29 is 9.59 Å². The zero-order valence-electron chi connectivity index (χ0n) is 13.6. The van der Waals surface area contributed by atoms with E-state index >= 15 is 0 Å². The molecule has 0 saturated heterocycles. The second-order valence-corrected chi connectivity index (χ2v) is 8.22. The molecule has 132 valence electrons. The molecule has 0 atom stereocenters. The van der Waals surface area contributed by atoms with Gasteiger partial charge in [-0.1, -0.05) is 28.1 Å². The number of amides is 2. The summed E-state index contributed by atoms with van der Waals surface area (Å²) in [6.45, 7) is 0. The van der Waals surface area contributed by atoms with Crippen LogP contribution >= 0.6 is 39.0 Å². The van der Waals surface area contributed by atoms with Crippen LogP contribution in [-0.2, 0) is 4.79 Å². The Morgan fingerprint density at radius 3 is 2.50 bits per heavy atom. The summed E-state index contributed by atoms with van der Waals surface area (Å²) in [5, 5.41) is 7.59. The highest BCUT2D eigenvalue weighted by molar-refractivity contribution is 9.10. The molecule has 0 unspecified atom stereocenters. The molecule has 2 N–H and O–H groups in total. The van der Waals surface area contributed by atoms with Crippen LogP contribution in [0.4, 0.5) is 11.4 Å². The zero-order chi connectivity index (χ0) is 18.4. The second kappa shape index (κ2) is 9.02. The van der Waals surface area contributed by atoms with Crippen molar-refractivity contribution in [1.82, 2.24) is 0 Å². The average Bonchev–Trinajstić information content (AvgIpc) is 3.17. The molecule has 0 aliphatic heterocycles. The van der Waals surface area contributed by atoms with E-state index in [1.54, 1.807) is 6.07 Å². The number of halogens is 1. The highest BCUT2D eigenvalue weighted by atomic mass is 79.9. The second-order valence-electron chi connectivity index (χ2n) is 5.30. The summed E-state index contributed by atoms with van der Waals surface area (Å²) in [5.74, 6) is 0.0822. The lowest BCUT2D eigenvalue weighted by Crippen LogP contribution is -2.14. The van der Waals surface area contributed by atoms with Crippen molar-refractivity contribution in [2.24, 2.45) is 0 Å². The number of thioether (sulfide) groups is 1. The van der Waals surface area contributed by atoms with Gasteiger partial charge in [0.15, 0.2) is 0 Å². The quantitative estimate of drug-likeness (QED) is 0.491. The number of carbonyl (C=O) groups excluding carboxylic acids is 2. The number of hydrogen-bond acceptors (Lipinski definition) is 4. The number of carbonyl (C=O) groups is 2. The Morgan fingerprint density at radius 1 is 0.962 bits per heavy atom. The van der Waals surface area contributed by atoms with Crippen molar-refractivity contribution in [3.05, 3.63) is 75.4 Å². The van der Waals surface area contributed by atoms with Crippen molar-refractivity contribution in [1.29, 1.82) is 0 Å². The number of rotatable bonds is 6. The van der Waals surface area contributed by atoms with Crippen LogP contribution in [-0.4, -0.2) is 17.6 Å². The van der Waals surface area contributed by atoms with E-state index in [0.717, 1.165) is 15.1 Å². The molecule has 26 heavy (non-hydrogen) atoms. The Kier molecular flexibility index (Phi) is 6.49. The van der Waals surface area contributed by atoms with Crippen LogP contribution in [0.5, 0.6) is 0 Å². The summed E-state index contributed by atoms with van der Waals surface area (Å²) in [7, 11) is 0. The third-order valence-electron chi connectivity index (χ3n) is 3.33. The van der Waals surface area contributed by atoms with Gasteiger partial charge in [0.05, 0.1) is 10.6 Å². The Bertz CT molecular complexity index is 896. The van der Waals surface area contributed by atoms with Crippen LogP contribution < -0.4 is 10.6 Å². The number of nitrogens with one attached hydrogen (secondary N) is 2. The third kappa shape index (κ3) is 5.45. The fourth-order valence-corrected chi connectivity index (χ4v) is 3.78. The van der Waals surface area contributed by atoms with E-state index in [-0.39, 0.29) is 11.8 Å². The minimum Gasteiger partial charge on any atom is -0.325 e. The van der Waals surface area contributed by atoms with Crippen molar-refractivity contribution in [3.8, 4) is 0 Å². The number of benzene rings is 2. The smallest absolute Gasteiger partial charge is 0.265 e. The first-order valence-corrected chi connectivity index (χ1v) is 10.4. The third-order valence-corrected chi connectivity index (χ3v) is 5.73. The summed E-state index contributed by atoms with van der Waals surface area (Å²) in [5.41, 5.74) is 1.47. The maximum Gasteiger partial charge on any atom is 0.265 e. The molecule has 1 heterocycles. The van der Waals surface area contributed by atoms with Gasteiger partial charge in [-0.05, 0) is 53.9 Å². The minimum absolute atomic E-state index is 0.0784. The van der Waals surface area contributed by atoms with Gasteiger partial charge in [0.25, 0.3) is 5.91 Å². The largest absolute Gasteiger partial charge is 0.325 e. The molecular formula is C19H15BrN2O2S2. The normalized spacial score (nSPS) is 10.3. The van der Waals surface area contributed by atoms with Gasteiger partial charge < -0.3 is 10.6 Å². The maximum absolute atomic E-state index is 12.1. The molecule has 0 saturated carbocycles. The first-order valence-electron chi connectivity index (χ1n) is 7.73. The SMILES string of the molecule is O=C(CSc1cccc(NC(=O)c2cccs2)c1)Nc1ccc(Br)cc1. The van der Waals surface area contributed by atoms with E-state index in [9.17, 15) is 9.59 Å². The van der Waals surface area contributed by atoms with Crippen LogP contribution in [0.25, 0.3) is 0 Å². The van der Waals surface area contributed by atoms with Gasteiger partial charge in [0.1, 0.15) is 0 Å². The number of hydrogen-bond donors (Lipinski definition) is 2. The molecule has 1 aromatic heterocycles. The first-order chi connectivity index (χ1) is 12.6. The summed E-state index contributed by atoms with van der Waals surface area (Å²) in [6.07, 6.45) is 0. The van der Waals surface area contributed by atoms with E-state index in [1.807, 2.05) is 60.0 Å². The Morgan fingerprint density at radius 2 is 1.77 bits per heavy atom. The number of thiophene rings is 1. The van der Waals surface area contributed by atoms with Gasteiger partial charge in [-0.25, -0.2) is 0 Å². The first kappa shape index (κ1) is 18.7. The molecule has 0 aliphatic rings. The predicted octanol–water partition coefficient (Wildman–Crippen LogP) is 5.49. The van der Waals surface area contributed by atoms with Gasteiger partial charge in [0, 0.05) is 20.7 Å². The van der Waals surface area contributed by atoms with Gasteiger partial charge in [0.2, 0.25) is 5.91 Å². The fourth-order valence-electron chi connectivity index (χ4n) is 2.14. The molecule has 0 radical (unpaired) electrons. The minimum atomic E-state index is -0.130. The Labute approximate surface area is 168 Å². The lowest BCUT2D eigenvalue weighted by Gasteiger charge is -2.07. The molecule has 7 heteroatoms. The molecule has 3 aromatic rings. The molecule has 0 spiro atoms. The van der Waals surface area contributed by atoms with Crippen molar-refractivity contribution in [3.63, 3.8) is 0 Å². The maximum atomic E-state index is 12.1. The summed E-state index contributed by atoms with van der Waals surface area (Å²) < 4.78 is 0.964. The van der Waals surface area contributed by atoms with Crippen molar-refractivity contribution >= 4 is 62.2 Å². The topological polar surface area (TPSA) is 58.2 Å². The van der Waals surface area contributed by atoms with Crippen LogP contribution in [0.3, 0.4) is 0 Å². The van der Waals surface area contributed by atoms with Gasteiger partial charge in [-0.2, -0.15) is 0 Å². The van der Waals surface area contributed by atoms with E-state index in [2.05, 4.69) is 26.6 Å². The fraction of sp³-hybridized carbons (Fsp3) is 0.0526. The molecule has 0 aliphatic carbocycles.